The van der Waals surface area contributed by atoms with Gasteiger partial charge in [-0.1, -0.05) is 0 Å². The van der Waals surface area contributed by atoms with Crippen molar-refractivity contribution in [1.82, 2.24) is 9.78 Å². The van der Waals surface area contributed by atoms with Gasteiger partial charge in [0, 0.05) is 18.2 Å². The van der Waals surface area contributed by atoms with E-state index in [-0.39, 0.29) is 11.7 Å². The van der Waals surface area contributed by atoms with Crippen molar-refractivity contribution in [2.24, 2.45) is 7.05 Å². The summed E-state index contributed by atoms with van der Waals surface area (Å²) in [7, 11) is 1.82. The molecule has 0 unspecified atom stereocenters. The molecular formula is C14H14FN3O. The van der Waals surface area contributed by atoms with Gasteiger partial charge in [-0.25, -0.2) is 4.39 Å². The van der Waals surface area contributed by atoms with E-state index in [1.54, 1.807) is 4.68 Å². The fourth-order valence-electron chi connectivity index (χ4n) is 2.46. The van der Waals surface area contributed by atoms with Crippen LogP contribution >= 0.6 is 0 Å². The quantitative estimate of drug-likeness (QED) is 0.899. The third-order valence-electron chi connectivity index (χ3n) is 3.41. The molecule has 0 atom stereocenters. The minimum absolute atomic E-state index is 0.238. The molecule has 1 N–H and O–H groups in total. The van der Waals surface area contributed by atoms with Crippen molar-refractivity contribution in [1.29, 1.82) is 0 Å². The molecule has 1 aliphatic rings. The van der Waals surface area contributed by atoms with Gasteiger partial charge in [-0.2, -0.15) is 5.10 Å². The average molecular weight is 259 g/mol. The van der Waals surface area contributed by atoms with E-state index in [0.29, 0.717) is 5.56 Å². The van der Waals surface area contributed by atoms with Gasteiger partial charge < -0.3 is 5.32 Å². The number of amides is 1. The number of benzene rings is 1. The van der Waals surface area contributed by atoms with Crippen molar-refractivity contribution in [3.05, 3.63) is 46.9 Å². The zero-order chi connectivity index (χ0) is 13.4. The summed E-state index contributed by atoms with van der Waals surface area (Å²) >= 11 is 0. The summed E-state index contributed by atoms with van der Waals surface area (Å²) in [6, 6.07) is 5.51. The number of hydrogen-bond donors (Lipinski definition) is 1. The van der Waals surface area contributed by atoms with Crippen LogP contribution in [-0.2, 0) is 19.9 Å². The highest BCUT2D eigenvalue weighted by Crippen LogP contribution is 2.28. The van der Waals surface area contributed by atoms with Crippen LogP contribution in [0.4, 0.5) is 10.2 Å². The van der Waals surface area contributed by atoms with Gasteiger partial charge in [0.15, 0.2) is 0 Å². The first-order valence-electron chi connectivity index (χ1n) is 6.27. The topological polar surface area (TPSA) is 46.9 Å². The normalized spacial score (nSPS) is 13.4. The van der Waals surface area contributed by atoms with Crippen molar-refractivity contribution in [2.45, 2.75) is 19.3 Å². The molecule has 19 heavy (non-hydrogen) atoms. The molecule has 0 bridgehead atoms. The van der Waals surface area contributed by atoms with E-state index in [4.69, 9.17) is 0 Å². The molecule has 0 radical (unpaired) electrons. The second-order valence-electron chi connectivity index (χ2n) is 4.71. The third kappa shape index (κ3) is 2.12. The summed E-state index contributed by atoms with van der Waals surface area (Å²) in [5, 5.41) is 7.26. The number of carbonyl (C=O) groups is 1. The molecule has 3 rings (SSSR count). The molecule has 1 heterocycles. The van der Waals surface area contributed by atoms with Crippen molar-refractivity contribution in [3.8, 4) is 0 Å². The number of fused-ring (bicyclic) bond motifs is 1. The van der Waals surface area contributed by atoms with Gasteiger partial charge in [0.1, 0.15) is 11.6 Å². The van der Waals surface area contributed by atoms with E-state index < -0.39 is 0 Å². The zero-order valence-electron chi connectivity index (χ0n) is 10.6. The standard InChI is InChI=1S/C14H14FN3O/c1-18-13(11-3-2-4-12(11)17-18)16-14(19)9-5-7-10(15)8-6-9/h5-8H,2-4H2,1H3,(H,16,19). The second-order valence-corrected chi connectivity index (χ2v) is 4.71. The largest absolute Gasteiger partial charge is 0.307 e. The molecule has 0 aliphatic heterocycles. The Kier molecular flexibility index (Phi) is 2.81. The molecule has 1 amide bonds. The fourth-order valence-corrected chi connectivity index (χ4v) is 2.46. The predicted octanol–water partition coefficient (Wildman–Crippen LogP) is 2.30. The van der Waals surface area contributed by atoms with E-state index in [2.05, 4.69) is 10.4 Å². The van der Waals surface area contributed by atoms with E-state index in [1.165, 1.54) is 24.3 Å². The Morgan fingerprint density at radius 1 is 1.32 bits per heavy atom. The lowest BCUT2D eigenvalue weighted by Crippen LogP contribution is -2.15. The summed E-state index contributed by atoms with van der Waals surface area (Å²) in [5.41, 5.74) is 2.63. The van der Waals surface area contributed by atoms with Crippen LogP contribution in [0.2, 0.25) is 0 Å². The Labute approximate surface area is 110 Å². The molecule has 0 spiro atoms. The van der Waals surface area contributed by atoms with Crippen molar-refractivity contribution >= 4 is 11.7 Å². The van der Waals surface area contributed by atoms with Crippen LogP contribution in [0, 0.1) is 5.82 Å². The van der Waals surface area contributed by atoms with Crippen LogP contribution in [0.1, 0.15) is 28.0 Å². The number of hydrogen-bond acceptors (Lipinski definition) is 2. The lowest BCUT2D eigenvalue weighted by Gasteiger charge is -2.07. The van der Waals surface area contributed by atoms with E-state index in [9.17, 15) is 9.18 Å². The molecule has 0 fully saturated rings. The Hall–Kier alpha value is -2.17. The van der Waals surface area contributed by atoms with Gasteiger partial charge >= 0.3 is 0 Å². The molecular weight excluding hydrogens is 245 g/mol. The Bertz CT molecular complexity index is 631. The number of halogens is 1. The maximum Gasteiger partial charge on any atom is 0.256 e. The van der Waals surface area contributed by atoms with Gasteiger partial charge in [0.25, 0.3) is 5.91 Å². The summed E-state index contributed by atoms with van der Waals surface area (Å²) in [6.45, 7) is 0. The molecule has 0 saturated carbocycles. The van der Waals surface area contributed by atoms with E-state index >= 15 is 0 Å². The first-order valence-corrected chi connectivity index (χ1v) is 6.27. The summed E-state index contributed by atoms with van der Waals surface area (Å²) in [4.78, 5) is 12.1. The van der Waals surface area contributed by atoms with Gasteiger partial charge in [-0.05, 0) is 43.5 Å². The lowest BCUT2D eigenvalue weighted by molar-refractivity contribution is 0.102. The van der Waals surface area contributed by atoms with Crippen LogP contribution in [0.3, 0.4) is 0 Å². The second kappa shape index (κ2) is 4.50. The van der Waals surface area contributed by atoms with Gasteiger partial charge in [-0.15, -0.1) is 0 Å². The van der Waals surface area contributed by atoms with Crippen LogP contribution in [0.25, 0.3) is 0 Å². The molecule has 5 heteroatoms. The highest BCUT2D eigenvalue weighted by atomic mass is 19.1. The minimum atomic E-state index is -0.349. The molecule has 4 nitrogen and oxygen atoms in total. The first-order chi connectivity index (χ1) is 9.15. The number of aryl methyl sites for hydroxylation is 2. The van der Waals surface area contributed by atoms with Crippen molar-refractivity contribution in [2.75, 3.05) is 5.32 Å². The van der Waals surface area contributed by atoms with Crippen LogP contribution in [-0.4, -0.2) is 15.7 Å². The predicted molar refractivity (Wildman–Crippen MR) is 69.6 cm³/mol. The van der Waals surface area contributed by atoms with Crippen molar-refractivity contribution < 1.29 is 9.18 Å². The molecule has 98 valence electrons. The number of rotatable bonds is 2. The molecule has 0 saturated heterocycles. The molecule has 2 aromatic rings. The average Bonchev–Trinajstić information content (AvgIpc) is 2.94. The highest BCUT2D eigenvalue weighted by molar-refractivity contribution is 6.04. The van der Waals surface area contributed by atoms with Crippen LogP contribution in [0.15, 0.2) is 24.3 Å². The number of anilines is 1. The van der Waals surface area contributed by atoms with E-state index in [0.717, 1.165) is 36.3 Å². The van der Waals surface area contributed by atoms with E-state index in [1.807, 2.05) is 7.05 Å². The Morgan fingerprint density at radius 2 is 2.05 bits per heavy atom. The molecule has 1 aliphatic carbocycles. The SMILES string of the molecule is Cn1nc2c(c1NC(=O)c1ccc(F)cc1)CCC2. The smallest absolute Gasteiger partial charge is 0.256 e. The summed E-state index contributed by atoms with van der Waals surface area (Å²) < 4.78 is 14.5. The number of aromatic nitrogens is 2. The molecule has 1 aromatic carbocycles. The van der Waals surface area contributed by atoms with Crippen LogP contribution < -0.4 is 5.32 Å². The van der Waals surface area contributed by atoms with Gasteiger partial charge in [0.05, 0.1) is 5.69 Å². The number of nitrogens with one attached hydrogen (secondary N) is 1. The monoisotopic (exact) mass is 259 g/mol. The molecule has 1 aromatic heterocycles. The van der Waals surface area contributed by atoms with Crippen molar-refractivity contribution in [3.63, 3.8) is 0 Å². The summed E-state index contributed by atoms with van der Waals surface area (Å²) in [5.74, 6) is 0.164. The van der Waals surface area contributed by atoms with Gasteiger partial charge in [0.2, 0.25) is 0 Å². The highest BCUT2D eigenvalue weighted by Gasteiger charge is 2.22. The maximum atomic E-state index is 12.8. The Balaban J connectivity index is 1.85. The number of nitrogens with zero attached hydrogens (tertiary/aromatic N) is 2. The lowest BCUT2D eigenvalue weighted by atomic mass is 10.2. The van der Waals surface area contributed by atoms with Crippen LogP contribution in [0.5, 0.6) is 0 Å². The minimum Gasteiger partial charge on any atom is -0.307 e. The third-order valence-corrected chi connectivity index (χ3v) is 3.41. The number of carbonyl (C=O) groups excluding carboxylic acids is 1. The zero-order valence-corrected chi connectivity index (χ0v) is 10.6. The van der Waals surface area contributed by atoms with Gasteiger partial charge in [-0.3, -0.25) is 9.48 Å². The fraction of sp³-hybridized carbons (Fsp3) is 0.286. The maximum absolute atomic E-state index is 12.8. The Morgan fingerprint density at radius 3 is 2.79 bits per heavy atom. The summed E-state index contributed by atoms with van der Waals surface area (Å²) in [6.07, 6.45) is 3.00. The first kappa shape index (κ1) is 11.9.